The molecule has 0 radical (unpaired) electrons. The largest absolute Gasteiger partial charge is 0.497 e. The fourth-order valence-electron chi connectivity index (χ4n) is 1.44. The predicted octanol–water partition coefficient (Wildman–Crippen LogP) is 0.919. The molecular weight excluding hydrogens is 282 g/mol. The molecule has 0 spiro atoms. The minimum absolute atomic E-state index is 0.381. The maximum atomic E-state index is 11.1. The molecule has 0 aliphatic rings. The fourth-order valence-corrected chi connectivity index (χ4v) is 3.91. The first-order valence-corrected chi connectivity index (χ1v) is 8.24. The number of rotatable bonds is 5. The third kappa shape index (κ3) is 4.21. The van der Waals surface area contributed by atoms with Gasteiger partial charge in [-0.25, -0.2) is 0 Å². The molecular formula is C9H14O7P2. The molecule has 4 N–H and O–H groups in total. The molecule has 0 saturated carbocycles. The highest BCUT2D eigenvalue weighted by atomic mass is 31.2. The number of hydrogen-bond acceptors (Lipinski definition) is 3. The Morgan fingerprint density at radius 3 is 2.17 bits per heavy atom. The van der Waals surface area contributed by atoms with E-state index in [1.807, 2.05) is 0 Å². The predicted molar refractivity (Wildman–Crippen MR) is 64.6 cm³/mol. The minimum Gasteiger partial charge on any atom is -0.497 e. The maximum absolute atomic E-state index is 11.1. The lowest BCUT2D eigenvalue weighted by Crippen LogP contribution is -2.12. The fraction of sp³-hybridized carbons (Fsp3) is 0.333. The van der Waals surface area contributed by atoms with E-state index >= 15 is 0 Å². The summed E-state index contributed by atoms with van der Waals surface area (Å²) in [4.78, 5) is 36.0. The van der Waals surface area contributed by atoms with Crippen LogP contribution in [0.3, 0.4) is 0 Å². The molecule has 0 heterocycles. The van der Waals surface area contributed by atoms with Crippen LogP contribution < -0.4 is 4.74 Å². The first-order valence-electron chi connectivity index (χ1n) is 4.88. The normalized spacial score (nSPS) is 12.8. The van der Waals surface area contributed by atoms with Crippen molar-refractivity contribution in [1.82, 2.24) is 0 Å². The Bertz CT molecular complexity index is 481. The second kappa shape index (κ2) is 5.53. The van der Waals surface area contributed by atoms with Crippen molar-refractivity contribution in [3.8, 4) is 5.75 Å². The lowest BCUT2D eigenvalue weighted by atomic mass is 10.2. The van der Waals surface area contributed by atoms with Crippen molar-refractivity contribution in [2.24, 2.45) is 0 Å². The van der Waals surface area contributed by atoms with Crippen LogP contribution in [0.5, 0.6) is 5.75 Å². The van der Waals surface area contributed by atoms with Crippen LogP contribution >= 0.6 is 15.2 Å². The lowest BCUT2D eigenvalue weighted by Gasteiger charge is -2.19. The maximum Gasteiger partial charge on any atom is 0.341 e. The number of hydrogen-bond donors (Lipinski definition) is 4. The highest BCUT2D eigenvalue weighted by Crippen LogP contribution is 2.60. The minimum atomic E-state index is -4.89. The Hall–Kier alpha value is -0.680. The molecule has 0 aromatic heterocycles. The van der Waals surface area contributed by atoms with E-state index in [2.05, 4.69) is 0 Å². The zero-order valence-electron chi connectivity index (χ0n) is 9.50. The van der Waals surface area contributed by atoms with Crippen LogP contribution in [0.2, 0.25) is 0 Å². The molecule has 1 aromatic rings. The monoisotopic (exact) mass is 296 g/mol. The summed E-state index contributed by atoms with van der Waals surface area (Å²) in [6.45, 7) is 0. The molecule has 102 valence electrons. The van der Waals surface area contributed by atoms with Crippen molar-refractivity contribution in [3.05, 3.63) is 29.8 Å². The number of benzene rings is 1. The highest BCUT2D eigenvalue weighted by Gasteiger charge is 2.43. The molecule has 0 bridgehead atoms. The van der Waals surface area contributed by atoms with Crippen molar-refractivity contribution >= 4 is 15.2 Å². The SMILES string of the molecule is COc1cccc(CC(P(=O)(O)O)P(=O)(O)O)c1. The van der Waals surface area contributed by atoms with Crippen LogP contribution in [0.4, 0.5) is 0 Å². The summed E-state index contributed by atoms with van der Waals surface area (Å²) in [6, 6.07) is 6.18. The molecule has 1 aromatic carbocycles. The van der Waals surface area contributed by atoms with Gasteiger partial charge in [-0.15, -0.1) is 0 Å². The van der Waals surface area contributed by atoms with Gasteiger partial charge in [0.25, 0.3) is 0 Å². The average molecular weight is 296 g/mol. The van der Waals surface area contributed by atoms with Gasteiger partial charge in [-0.3, -0.25) is 9.13 Å². The summed E-state index contributed by atoms with van der Waals surface area (Å²) in [5.41, 5.74) is 0.381. The molecule has 9 heteroatoms. The average Bonchev–Trinajstić information content (AvgIpc) is 2.23. The zero-order valence-corrected chi connectivity index (χ0v) is 11.3. The summed E-state index contributed by atoms with van der Waals surface area (Å²) in [5, 5.41) is -2.03. The van der Waals surface area contributed by atoms with Gasteiger partial charge >= 0.3 is 15.2 Å². The molecule has 7 nitrogen and oxygen atoms in total. The van der Waals surface area contributed by atoms with E-state index in [1.54, 1.807) is 12.1 Å². The van der Waals surface area contributed by atoms with Crippen LogP contribution in [-0.4, -0.2) is 32.1 Å². The molecule has 18 heavy (non-hydrogen) atoms. The zero-order chi connectivity index (χ0) is 14.0. The standard InChI is InChI=1S/C9H14O7P2/c1-16-8-4-2-3-7(5-8)6-9(17(10,11)12)18(13,14)15/h2-5,9H,6H2,1H3,(H2,10,11,12)(H2,13,14,15). The van der Waals surface area contributed by atoms with Gasteiger partial charge in [0, 0.05) is 0 Å². The first-order chi connectivity index (χ1) is 8.14. The summed E-state index contributed by atoms with van der Waals surface area (Å²) in [6.07, 6.45) is -0.425. The highest BCUT2D eigenvalue weighted by molar-refractivity contribution is 7.70. The smallest absolute Gasteiger partial charge is 0.341 e. The van der Waals surface area contributed by atoms with Gasteiger partial charge in [0.05, 0.1) is 7.11 Å². The van der Waals surface area contributed by atoms with E-state index in [4.69, 9.17) is 24.3 Å². The van der Waals surface area contributed by atoms with E-state index in [1.165, 1.54) is 19.2 Å². The third-order valence-electron chi connectivity index (χ3n) is 2.33. The van der Waals surface area contributed by atoms with E-state index in [0.717, 1.165) is 0 Å². The van der Waals surface area contributed by atoms with Gasteiger partial charge in [0.2, 0.25) is 0 Å². The van der Waals surface area contributed by atoms with E-state index in [-0.39, 0.29) is 0 Å². The summed E-state index contributed by atoms with van der Waals surface area (Å²) in [7, 11) is -8.36. The molecule has 0 saturated heterocycles. The van der Waals surface area contributed by atoms with Crippen LogP contribution in [0.1, 0.15) is 5.56 Å². The van der Waals surface area contributed by atoms with Gasteiger partial charge in [0.15, 0.2) is 5.40 Å². The summed E-state index contributed by atoms with van der Waals surface area (Å²) in [5.74, 6) is 0.447. The molecule has 1 rings (SSSR count). The van der Waals surface area contributed by atoms with Gasteiger partial charge in [0.1, 0.15) is 5.75 Å². The quantitative estimate of drug-likeness (QED) is 0.595. The van der Waals surface area contributed by atoms with Crippen molar-refractivity contribution in [2.45, 2.75) is 11.8 Å². The van der Waals surface area contributed by atoms with Crippen molar-refractivity contribution in [2.75, 3.05) is 7.11 Å². The number of ether oxygens (including phenoxy) is 1. The summed E-state index contributed by atoms with van der Waals surface area (Å²) < 4.78 is 27.1. The van der Waals surface area contributed by atoms with Gasteiger partial charge < -0.3 is 24.3 Å². The summed E-state index contributed by atoms with van der Waals surface area (Å²) >= 11 is 0. The molecule has 0 unspecified atom stereocenters. The molecule has 0 atom stereocenters. The van der Waals surface area contributed by atoms with Gasteiger partial charge in [-0.2, -0.15) is 0 Å². The lowest BCUT2D eigenvalue weighted by molar-refractivity contribution is 0.338. The van der Waals surface area contributed by atoms with Crippen molar-refractivity contribution < 1.29 is 33.4 Å². The Balaban J connectivity index is 3.04. The van der Waals surface area contributed by atoms with Crippen LogP contribution in [0.25, 0.3) is 0 Å². The van der Waals surface area contributed by atoms with Crippen molar-refractivity contribution in [3.63, 3.8) is 0 Å². The number of methoxy groups -OCH3 is 1. The van der Waals surface area contributed by atoms with Gasteiger partial charge in [-0.1, -0.05) is 12.1 Å². The van der Waals surface area contributed by atoms with Crippen LogP contribution in [0.15, 0.2) is 24.3 Å². The van der Waals surface area contributed by atoms with Crippen molar-refractivity contribution in [1.29, 1.82) is 0 Å². The second-order valence-electron chi connectivity index (χ2n) is 3.71. The van der Waals surface area contributed by atoms with Crippen LogP contribution in [-0.2, 0) is 15.6 Å². The van der Waals surface area contributed by atoms with Gasteiger partial charge in [-0.05, 0) is 24.1 Å². The second-order valence-corrected chi connectivity index (χ2v) is 7.72. The Kier molecular flexibility index (Phi) is 4.72. The van der Waals surface area contributed by atoms with E-state index in [9.17, 15) is 9.13 Å². The molecule has 0 aliphatic carbocycles. The molecule has 0 aliphatic heterocycles. The first kappa shape index (κ1) is 15.4. The van der Waals surface area contributed by atoms with E-state index in [0.29, 0.717) is 11.3 Å². The molecule has 0 amide bonds. The Morgan fingerprint density at radius 1 is 1.17 bits per heavy atom. The molecule has 0 fully saturated rings. The third-order valence-corrected chi connectivity index (χ3v) is 6.05. The van der Waals surface area contributed by atoms with E-state index < -0.39 is 27.0 Å². The Morgan fingerprint density at radius 2 is 1.72 bits per heavy atom. The topological polar surface area (TPSA) is 124 Å². The van der Waals surface area contributed by atoms with Crippen LogP contribution in [0, 0.1) is 0 Å². The Labute approximate surface area is 104 Å².